The first-order chi connectivity index (χ1) is 10.8. The Morgan fingerprint density at radius 2 is 1.95 bits per heavy atom. The van der Waals surface area contributed by atoms with Crippen molar-refractivity contribution >= 4 is 22.8 Å². The molecule has 1 aliphatic rings. The van der Waals surface area contributed by atoms with Crippen molar-refractivity contribution in [1.29, 1.82) is 0 Å². The molecule has 0 saturated heterocycles. The standard InChI is InChI=1S/C18H14N2O2/c1-12-8-9-14-15(5-3-6-16(14)20-12)19-10-13-4-2-7-17-18(13)22-11-21-17/h2-10H,11H2,1H3. The molecule has 0 saturated carbocycles. The zero-order chi connectivity index (χ0) is 14.9. The summed E-state index contributed by atoms with van der Waals surface area (Å²) in [5.41, 5.74) is 3.75. The number of rotatable bonds is 2. The second kappa shape index (κ2) is 5.15. The molecule has 108 valence electrons. The van der Waals surface area contributed by atoms with Gasteiger partial charge in [-0.25, -0.2) is 0 Å². The van der Waals surface area contributed by atoms with Crippen molar-refractivity contribution in [1.82, 2.24) is 4.98 Å². The van der Waals surface area contributed by atoms with E-state index in [0.29, 0.717) is 0 Å². The van der Waals surface area contributed by atoms with Gasteiger partial charge >= 0.3 is 0 Å². The topological polar surface area (TPSA) is 43.7 Å². The molecular weight excluding hydrogens is 276 g/mol. The van der Waals surface area contributed by atoms with E-state index in [0.717, 1.165) is 39.3 Å². The van der Waals surface area contributed by atoms with Gasteiger partial charge in [0.2, 0.25) is 6.79 Å². The summed E-state index contributed by atoms with van der Waals surface area (Å²) in [6.07, 6.45) is 1.81. The van der Waals surface area contributed by atoms with E-state index in [-0.39, 0.29) is 6.79 Å². The van der Waals surface area contributed by atoms with E-state index < -0.39 is 0 Å². The molecule has 2 aromatic carbocycles. The summed E-state index contributed by atoms with van der Waals surface area (Å²) < 4.78 is 10.9. The van der Waals surface area contributed by atoms with Crippen LogP contribution >= 0.6 is 0 Å². The van der Waals surface area contributed by atoms with Gasteiger partial charge < -0.3 is 9.47 Å². The fraction of sp³-hybridized carbons (Fsp3) is 0.111. The van der Waals surface area contributed by atoms with Crippen molar-refractivity contribution in [2.75, 3.05) is 6.79 Å². The third-order valence-electron chi connectivity index (χ3n) is 3.62. The fourth-order valence-corrected chi connectivity index (χ4v) is 2.55. The van der Waals surface area contributed by atoms with Gasteiger partial charge in [0.25, 0.3) is 0 Å². The maximum absolute atomic E-state index is 5.50. The number of hydrogen-bond donors (Lipinski definition) is 0. The van der Waals surface area contributed by atoms with E-state index in [1.807, 2.05) is 55.6 Å². The van der Waals surface area contributed by atoms with Gasteiger partial charge in [-0.15, -0.1) is 0 Å². The van der Waals surface area contributed by atoms with Crippen molar-refractivity contribution in [3.8, 4) is 11.5 Å². The van der Waals surface area contributed by atoms with E-state index in [1.54, 1.807) is 0 Å². The molecule has 2 heterocycles. The van der Waals surface area contributed by atoms with Gasteiger partial charge in [-0.3, -0.25) is 9.98 Å². The average Bonchev–Trinajstić information content (AvgIpc) is 3.01. The number of ether oxygens (including phenoxy) is 2. The number of aromatic nitrogens is 1. The lowest BCUT2D eigenvalue weighted by molar-refractivity contribution is 0.174. The molecule has 0 atom stereocenters. The van der Waals surface area contributed by atoms with Gasteiger partial charge in [-0.2, -0.15) is 0 Å². The molecule has 0 fully saturated rings. The number of pyridine rings is 1. The predicted octanol–water partition coefficient (Wildman–Crippen LogP) is 4.02. The van der Waals surface area contributed by atoms with Gasteiger partial charge in [-0.1, -0.05) is 12.1 Å². The minimum atomic E-state index is 0.262. The highest BCUT2D eigenvalue weighted by molar-refractivity contribution is 5.94. The van der Waals surface area contributed by atoms with Crippen LogP contribution < -0.4 is 9.47 Å². The predicted molar refractivity (Wildman–Crippen MR) is 86.3 cm³/mol. The summed E-state index contributed by atoms with van der Waals surface area (Å²) in [5.74, 6) is 1.51. The van der Waals surface area contributed by atoms with E-state index >= 15 is 0 Å². The van der Waals surface area contributed by atoms with Crippen LogP contribution in [0.4, 0.5) is 5.69 Å². The second-order valence-corrected chi connectivity index (χ2v) is 5.14. The van der Waals surface area contributed by atoms with Crippen molar-refractivity contribution in [3.63, 3.8) is 0 Å². The SMILES string of the molecule is Cc1ccc2c(N=Cc3cccc4c3OCO4)cccc2n1. The molecular formula is C18H14N2O2. The Hall–Kier alpha value is -2.88. The zero-order valence-corrected chi connectivity index (χ0v) is 12.1. The Balaban J connectivity index is 1.77. The van der Waals surface area contributed by atoms with Crippen molar-refractivity contribution in [3.05, 3.63) is 59.8 Å². The third-order valence-corrected chi connectivity index (χ3v) is 3.62. The van der Waals surface area contributed by atoms with Crippen LogP contribution in [0.1, 0.15) is 11.3 Å². The molecule has 1 aromatic heterocycles. The van der Waals surface area contributed by atoms with Crippen molar-refractivity contribution in [2.45, 2.75) is 6.92 Å². The molecule has 4 rings (SSSR count). The molecule has 0 bridgehead atoms. The number of hydrogen-bond acceptors (Lipinski definition) is 4. The summed E-state index contributed by atoms with van der Waals surface area (Å²) in [6.45, 7) is 2.25. The monoisotopic (exact) mass is 290 g/mol. The van der Waals surface area contributed by atoms with Crippen molar-refractivity contribution < 1.29 is 9.47 Å². The number of aliphatic imine (C=N–C) groups is 1. The fourth-order valence-electron chi connectivity index (χ4n) is 2.55. The molecule has 4 nitrogen and oxygen atoms in total. The lowest BCUT2D eigenvalue weighted by Gasteiger charge is -2.03. The minimum Gasteiger partial charge on any atom is -0.454 e. The molecule has 4 heteroatoms. The average molecular weight is 290 g/mol. The van der Waals surface area contributed by atoms with E-state index in [1.165, 1.54) is 0 Å². The van der Waals surface area contributed by atoms with Crippen LogP contribution in [-0.2, 0) is 0 Å². The number of aryl methyl sites for hydroxylation is 1. The lowest BCUT2D eigenvalue weighted by atomic mass is 10.1. The molecule has 0 unspecified atom stereocenters. The molecule has 0 spiro atoms. The molecule has 0 radical (unpaired) electrons. The number of fused-ring (bicyclic) bond motifs is 2. The molecule has 0 aliphatic carbocycles. The molecule has 1 aliphatic heterocycles. The highest BCUT2D eigenvalue weighted by atomic mass is 16.7. The van der Waals surface area contributed by atoms with Gasteiger partial charge in [0.05, 0.1) is 11.2 Å². The summed E-state index contributed by atoms with van der Waals surface area (Å²) in [5, 5.41) is 1.04. The molecule has 0 amide bonds. The van der Waals surface area contributed by atoms with E-state index in [4.69, 9.17) is 9.47 Å². The highest BCUT2D eigenvalue weighted by Crippen LogP contribution is 2.35. The van der Waals surface area contributed by atoms with Crippen molar-refractivity contribution in [2.24, 2.45) is 4.99 Å². The Morgan fingerprint density at radius 1 is 1.05 bits per heavy atom. The Kier molecular flexibility index (Phi) is 3.00. The van der Waals surface area contributed by atoms with Crippen LogP contribution in [0, 0.1) is 6.92 Å². The Labute approximate surface area is 128 Å². The lowest BCUT2D eigenvalue weighted by Crippen LogP contribution is -1.94. The van der Waals surface area contributed by atoms with Crippen LogP contribution in [0.25, 0.3) is 10.9 Å². The maximum atomic E-state index is 5.50. The van der Waals surface area contributed by atoms with Gasteiger partial charge in [0.15, 0.2) is 11.5 Å². The van der Waals surface area contributed by atoms with Gasteiger partial charge in [0.1, 0.15) is 0 Å². The first-order valence-electron chi connectivity index (χ1n) is 7.10. The van der Waals surface area contributed by atoms with Crippen LogP contribution in [0.2, 0.25) is 0 Å². The Morgan fingerprint density at radius 3 is 2.91 bits per heavy atom. The van der Waals surface area contributed by atoms with E-state index in [2.05, 4.69) is 16.0 Å². The second-order valence-electron chi connectivity index (χ2n) is 5.14. The highest BCUT2D eigenvalue weighted by Gasteiger charge is 2.15. The summed E-state index contributed by atoms with van der Waals surface area (Å²) >= 11 is 0. The first kappa shape index (κ1) is 12.8. The number of nitrogens with zero attached hydrogens (tertiary/aromatic N) is 2. The first-order valence-corrected chi connectivity index (χ1v) is 7.10. The third kappa shape index (κ3) is 2.19. The summed E-state index contributed by atoms with van der Waals surface area (Å²) in [6, 6.07) is 15.8. The number of benzene rings is 2. The van der Waals surface area contributed by atoms with Crippen LogP contribution in [-0.4, -0.2) is 18.0 Å². The maximum Gasteiger partial charge on any atom is 0.231 e. The Bertz CT molecular complexity index is 887. The van der Waals surface area contributed by atoms with Gasteiger partial charge in [-0.05, 0) is 43.3 Å². The van der Waals surface area contributed by atoms with Crippen LogP contribution in [0.3, 0.4) is 0 Å². The quantitative estimate of drug-likeness (QED) is 0.669. The summed E-state index contributed by atoms with van der Waals surface area (Å²) in [7, 11) is 0. The molecule has 0 N–H and O–H groups in total. The van der Waals surface area contributed by atoms with Crippen LogP contribution in [0.15, 0.2) is 53.5 Å². The summed E-state index contributed by atoms with van der Waals surface area (Å²) in [4.78, 5) is 9.14. The van der Waals surface area contributed by atoms with Gasteiger partial charge in [0, 0.05) is 22.9 Å². The van der Waals surface area contributed by atoms with Crippen LogP contribution in [0.5, 0.6) is 11.5 Å². The number of para-hydroxylation sites is 1. The normalized spacial score (nSPS) is 13.1. The smallest absolute Gasteiger partial charge is 0.231 e. The minimum absolute atomic E-state index is 0.262. The zero-order valence-electron chi connectivity index (χ0n) is 12.1. The largest absolute Gasteiger partial charge is 0.454 e. The molecule has 22 heavy (non-hydrogen) atoms. The van der Waals surface area contributed by atoms with E-state index in [9.17, 15) is 0 Å². The molecule has 3 aromatic rings.